The third-order valence-corrected chi connectivity index (χ3v) is 10.8. The maximum atomic E-state index is 12.2. The second kappa shape index (κ2) is 11.2. The third kappa shape index (κ3) is 5.99. The van der Waals surface area contributed by atoms with Gasteiger partial charge < -0.3 is 20.3 Å². The topological polar surface area (TPSA) is 130 Å². The smallest absolute Gasteiger partial charge is 0.862 e. The average molecular weight is 526 g/mol. The number of aliphatic hydroxyl groups excluding tert-OH is 2. The molecule has 196 valence electrons. The molecule has 0 bridgehead atoms. The molecule has 0 aromatic carbocycles. The number of hydrogen-bond donors (Lipinski definition) is 3. The molecule has 9 heteroatoms. The molecule has 4 aliphatic carbocycles. The molecule has 0 amide bonds. The molecule has 0 heterocycles. The Balaban J connectivity index is 0.00000420. The number of hydrogen-bond acceptors (Lipinski definition) is 6. The molecule has 4 rings (SSSR count). The molecule has 3 N–H and O–H groups in total. The Kier molecular flexibility index (Phi) is 7.78. The zero-order valence-electron chi connectivity index (χ0n) is 25.6. The Morgan fingerprint density at radius 2 is 1.86 bits per heavy atom. The molecule has 0 aromatic heterocycles. The van der Waals surface area contributed by atoms with Crippen LogP contribution in [0.2, 0.25) is 0 Å². The predicted molar refractivity (Wildman–Crippen MR) is 130 cm³/mol. The van der Waals surface area contributed by atoms with E-state index in [0.717, 1.165) is 25.7 Å². The van der Waals surface area contributed by atoms with Crippen LogP contribution in [0.25, 0.3) is 0 Å². The Morgan fingerprint density at radius 3 is 2.54 bits per heavy atom. The van der Waals surface area contributed by atoms with Crippen molar-refractivity contribution >= 4 is 16.0 Å². The van der Waals surface area contributed by atoms with E-state index >= 15 is 0 Å². The van der Waals surface area contributed by atoms with Gasteiger partial charge in [-0.15, -0.1) is 0 Å². The van der Waals surface area contributed by atoms with Crippen LogP contribution in [0.1, 0.15) is 90.4 Å². The maximum absolute atomic E-state index is 12.2. The van der Waals surface area contributed by atoms with Crippen LogP contribution in [0, 0.1) is 46.3 Å². The van der Waals surface area contributed by atoms with Crippen LogP contribution in [0.5, 0.6) is 0 Å². The Hall–Kier alpha value is 0.300. The molecule has 10 atom stereocenters. The SMILES string of the molecule is [2H]C1([2H])C[C@@]2(C)[C@H](C[C@@H](O)[C@@H]3[C@@H]2CC[C@]2(C)[C@@H]([C@H](C)CCC([O-])=NCCS(=O)(=O)O)CC[C@@H]32)C([2H])([2H])[C@@H]1O.[Na+]. The zero-order valence-corrected chi connectivity index (χ0v) is 24.4. The summed E-state index contributed by atoms with van der Waals surface area (Å²) in [5.74, 6) is -0.837. The van der Waals surface area contributed by atoms with Crippen LogP contribution in [-0.2, 0) is 10.1 Å². The van der Waals surface area contributed by atoms with Crippen molar-refractivity contribution in [3.8, 4) is 0 Å². The van der Waals surface area contributed by atoms with Crippen molar-refractivity contribution in [3.05, 3.63) is 0 Å². The first-order valence-corrected chi connectivity index (χ1v) is 14.5. The van der Waals surface area contributed by atoms with Crippen molar-refractivity contribution in [2.24, 2.45) is 51.3 Å². The molecule has 0 aromatic rings. The van der Waals surface area contributed by atoms with E-state index < -0.39 is 52.2 Å². The van der Waals surface area contributed by atoms with E-state index in [-0.39, 0.29) is 90.3 Å². The standard InChI is InChI=1S/C26H45NO6S.Na/c1-16(4-7-23(30)27-12-13-34(31,32)33)19-5-6-20-24-21(9-11-26(19,20)3)25(2)10-8-18(28)14-17(25)15-22(24)29;/h16-22,24,28-29H,4-15H2,1-3H3,(H,27,30)(H,31,32,33);/q;+1/p-1/t16-,17+,18-,19-,20+,21+,22-,24+,25+,26-;/m1./s1/i8D2,14D2;. The number of aliphatic imine (C=N–C) groups is 1. The number of nitrogens with zero attached hydrogens (tertiary/aromatic N) is 1. The summed E-state index contributed by atoms with van der Waals surface area (Å²) in [4.78, 5) is 3.76. The summed E-state index contributed by atoms with van der Waals surface area (Å²) in [5.41, 5.74) is -0.709. The minimum absolute atomic E-state index is 0. The van der Waals surface area contributed by atoms with Crippen molar-refractivity contribution < 1.29 is 63.3 Å². The molecule has 4 saturated carbocycles. The normalized spacial score (nSPS) is 49.1. The van der Waals surface area contributed by atoms with Gasteiger partial charge in [0.1, 0.15) is 0 Å². The van der Waals surface area contributed by atoms with Crippen LogP contribution >= 0.6 is 0 Å². The van der Waals surface area contributed by atoms with Gasteiger partial charge in [-0.25, -0.2) is 0 Å². The Bertz CT molecular complexity index is 1050. The first-order chi connectivity index (χ1) is 17.3. The minimum Gasteiger partial charge on any atom is -0.862 e. The summed E-state index contributed by atoms with van der Waals surface area (Å²) in [7, 11) is -4.15. The molecule has 0 unspecified atom stereocenters. The monoisotopic (exact) mass is 525 g/mol. The van der Waals surface area contributed by atoms with Gasteiger partial charge in [0.2, 0.25) is 0 Å². The molecular formula is C26H44NNaO6S. The van der Waals surface area contributed by atoms with E-state index in [1.165, 1.54) is 0 Å². The van der Waals surface area contributed by atoms with Crippen molar-refractivity contribution in [3.63, 3.8) is 0 Å². The van der Waals surface area contributed by atoms with Gasteiger partial charge in [0.25, 0.3) is 10.1 Å². The van der Waals surface area contributed by atoms with Crippen molar-refractivity contribution in [1.29, 1.82) is 0 Å². The van der Waals surface area contributed by atoms with E-state index in [0.29, 0.717) is 12.3 Å². The van der Waals surface area contributed by atoms with Crippen LogP contribution in [0.15, 0.2) is 4.99 Å². The van der Waals surface area contributed by atoms with E-state index in [1.54, 1.807) is 0 Å². The summed E-state index contributed by atoms with van der Waals surface area (Å²) < 4.78 is 64.7. The molecule has 7 nitrogen and oxygen atoms in total. The molecule has 0 aliphatic heterocycles. The molecule has 4 aliphatic rings. The van der Waals surface area contributed by atoms with Crippen LogP contribution in [-0.4, -0.2) is 53.6 Å². The summed E-state index contributed by atoms with van der Waals surface area (Å²) in [5, 5.41) is 34.2. The third-order valence-electron chi connectivity index (χ3n) is 10.1. The predicted octanol–water partition coefficient (Wildman–Crippen LogP) is 0.0439. The second-order valence-electron chi connectivity index (χ2n) is 11.9. The second-order valence-corrected chi connectivity index (χ2v) is 13.5. The Morgan fingerprint density at radius 1 is 1.17 bits per heavy atom. The van der Waals surface area contributed by atoms with Gasteiger partial charge in [-0.05, 0) is 116 Å². The first kappa shape index (κ1) is 24.3. The van der Waals surface area contributed by atoms with Crippen molar-refractivity contribution in [1.82, 2.24) is 0 Å². The van der Waals surface area contributed by atoms with Crippen molar-refractivity contribution in [2.75, 3.05) is 12.3 Å². The molecule has 0 spiro atoms. The van der Waals surface area contributed by atoms with Gasteiger partial charge in [-0.2, -0.15) is 8.42 Å². The summed E-state index contributed by atoms with van der Waals surface area (Å²) in [6.07, 6.45) is -1.86. The van der Waals surface area contributed by atoms with E-state index in [2.05, 4.69) is 18.8 Å². The molecule has 0 radical (unpaired) electrons. The minimum atomic E-state index is -4.15. The number of aliphatic hydroxyl groups is 2. The first-order valence-electron chi connectivity index (χ1n) is 14.9. The fourth-order valence-corrected chi connectivity index (χ4v) is 8.72. The maximum Gasteiger partial charge on any atom is 1.00 e. The average Bonchev–Trinajstić information content (AvgIpc) is 3.14. The van der Waals surface area contributed by atoms with Gasteiger partial charge in [0, 0.05) is 5.48 Å². The summed E-state index contributed by atoms with van der Waals surface area (Å²) >= 11 is 0. The quantitative estimate of drug-likeness (QED) is 0.186. The number of rotatable bonds is 7. The Labute approximate surface area is 239 Å². The van der Waals surface area contributed by atoms with Crippen LogP contribution in [0.3, 0.4) is 0 Å². The van der Waals surface area contributed by atoms with Crippen LogP contribution < -0.4 is 34.7 Å². The zero-order chi connectivity index (χ0) is 28.5. The van der Waals surface area contributed by atoms with Gasteiger partial charge in [-0.3, -0.25) is 4.55 Å². The molecular weight excluding hydrogens is 477 g/mol. The van der Waals surface area contributed by atoms with Gasteiger partial charge in [0.15, 0.2) is 0 Å². The summed E-state index contributed by atoms with van der Waals surface area (Å²) in [6, 6.07) is 0. The van der Waals surface area contributed by atoms with E-state index in [4.69, 9.17) is 10.0 Å². The number of fused-ring (bicyclic) bond motifs is 5. The summed E-state index contributed by atoms with van der Waals surface area (Å²) in [6.45, 7) is 6.15. The molecule has 4 fully saturated rings. The van der Waals surface area contributed by atoms with Crippen molar-refractivity contribution in [2.45, 2.75) is 97.1 Å². The fourth-order valence-electron chi connectivity index (χ4n) is 8.40. The van der Waals surface area contributed by atoms with E-state index in [9.17, 15) is 23.7 Å². The largest absolute Gasteiger partial charge is 1.00 e. The van der Waals surface area contributed by atoms with Gasteiger partial charge in [-0.1, -0.05) is 20.8 Å². The van der Waals surface area contributed by atoms with Crippen LogP contribution in [0.4, 0.5) is 0 Å². The van der Waals surface area contributed by atoms with Gasteiger partial charge >= 0.3 is 29.6 Å². The molecule has 0 saturated heterocycles. The van der Waals surface area contributed by atoms with E-state index in [1.807, 2.05) is 6.92 Å². The fraction of sp³-hybridized carbons (Fsp3) is 0.962. The molecule has 35 heavy (non-hydrogen) atoms. The van der Waals surface area contributed by atoms with Gasteiger partial charge in [0.05, 0.1) is 24.5 Å².